The normalized spacial score (nSPS) is 25.0. The fraction of sp³-hybridized carbons (Fsp3) is 0.850. The molecule has 0 bridgehead atoms. The first-order valence-corrected chi connectivity index (χ1v) is 11.3. The van der Waals surface area contributed by atoms with Crippen molar-refractivity contribution in [1.82, 2.24) is 14.3 Å². The van der Waals surface area contributed by atoms with Gasteiger partial charge in [0.15, 0.2) is 0 Å². The smallest absolute Gasteiger partial charge is 0.276 e. The number of nitrogens with zero attached hydrogens (tertiary/aromatic N) is 2. The van der Waals surface area contributed by atoms with E-state index in [-0.39, 0.29) is 28.3 Å². The van der Waals surface area contributed by atoms with E-state index in [1.807, 2.05) is 0 Å². The van der Waals surface area contributed by atoms with Gasteiger partial charge in [-0.15, -0.1) is 0 Å². The molecule has 0 saturated carbocycles. The number of aliphatic imine (C=N–C) groups is 1. The second-order valence-electron chi connectivity index (χ2n) is 10.9. The number of rotatable bonds is 3. The summed E-state index contributed by atoms with van der Waals surface area (Å²) in [7, 11) is -2.05. The summed E-state index contributed by atoms with van der Waals surface area (Å²) in [4.78, 5) is 7.53. The van der Waals surface area contributed by atoms with Crippen molar-refractivity contribution in [2.75, 3.05) is 13.6 Å². The molecule has 0 aromatic carbocycles. The van der Waals surface area contributed by atoms with Crippen LogP contribution in [0, 0.1) is 16.2 Å². The molecule has 156 valence electrons. The Labute approximate surface area is 166 Å². The summed E-state index contributed by atoms with van der Waals surface area (Å²) >= 11 is 0. The monoisotopic (exact) mass is 398 g/mol. The lowest BCUT2D eigenvalue weighted by Gasteiger charge is -2.45. The van der Waals surface area contributed by atoms with E-state index in [4.69, 9.17) is 4.99 Å². The lowest BCUT2D eigenvalue weighted by Crippen LogP contribution is -2.48. The minimum atomic E-state index is -3.48. The fourth-order valence-electron chi connectivity index (χ4n) is 4.05. The highest BCUT2D eigenvalue weighted by molar-refractivity contribution is 7.87. The summed E-state index contributed by atoms with van der Waals surface area (Å²) in [6.45, 7) is 20.5. The first-order chi connectivity index (χ1) is 12.0. The van der Waals surface area contributed by atoms with Crippen molar-refractivity contribution in [2.45, 2.75) is 80.8 Å². The van der Waals surface area contributed by atoms with Gasteiger partial charge >= 0.3 is 0 Å². The number of nitrogens with one attached hydrogen (secondary N) is 2. The van der Waals surface area contributed by atoms with Crippen LogP contribution in [0.5, 0.6) is 0 Å². The molecule has 0 spiro atoms. The molecule has 2 unspecified atom stereocenters. The quantitative estimate of drug-likeness (QED) is 0.766. The Morgan fingerprint density at radius 1 is 1.00 bits per heavy atom. The molecule has 2 rings (SSSR count). The van der Waals surface area contributed by atoms with Gasteiger partial charge in [0.05, 0.1) is 6.04 Å². The van der Waals surface area contributed by atoms with Crippen LogP contribution in [0.15, 0.2) is 16.3 Å². The molecule has 6 nitrogen and oxygen atoms in total. The lowest BCUT2D eigenvalue weighted by atomic mass is 9.70. The van der Waals surface area contributed by atoms with Crippen molar-refractivity contribution in [1.29, 1.82) is 0 Å². The van der Waals surface area contributed by atoms with E-state index in [0.29, 0.717) is 13.0 Å². The fourth-order valence-corrected chi connectivity index (χ4v) is 4.76. The summed E-state index contributed by atoms with van der Waals surface area (Å²) in [5.74, 6) is 1.05. The maximum absolute atomic E-state index is 12.1. The van der Waals surface area contributed by atoms with Gasteiger partial charge in [-0.2, -0.15) is 13.1 Å². The largest absolute Gasteiger partial charge is 0.332 e. The van der Waals surface area contributed by atoms with E-state index in [1.54, 1.807) is 0 Å². The number of amidine groups is 1. The minimum absolute atomic E-state index is 0.0131. The zero-order valence-corrected chi connectivity index (χ0v) is 19.5. The van der Waals surface area contributed by atoms with Crippen LogP contribution in [0.2, 0.25) is 0 Å². The van der Waals surface area contributed by atoms with Gasteiger partial charge in [0, 0.05) is 37.2 Å². The van der Waals surface area contributed by atoms with Crippen LogP contribution in [0.4, 0.5) is 0 Å². The van der Waals surface area contributed by atoms with Gasteiger partial charge < -0.3 is 4.90 Å². The molecule has 2 N–H and O–H groups in total. The third-order valence-corrected chi connectivity index (χ3v) is 6.33. The van der Waals surface area contributed by atoms with Gasteiger partial charge in [-0.3, -0.25) is 4.99 Å². The summed E-state index contributed by atoms with van der Waals surface area (Å²) in [5, 5.41) is 0. The van der Waals surface area contributed by atoms with E-state index in [2.05, 4.69) is 76.7 Å². The average Bonchev–Trinajstić information content (AvgIpc) is 2.83. The molecule has 0 aliphatic carbocycles. The number of hydrogen-bond donors (Lipinski definition) is 2. The summed E-state index contributed by atoms with van der Waals surface area (Å²) in [6, 6.07) is -0.0845. The maximum Gasteiger partial charge on any atom is 0.276 e. The van der Waals surface area contributed by atoms with E-state index in [0.717, 1.165) is 5.84 Å². The van der Waals surface area contributed by atoms with Crippen LogP contribution in [0.25, 0.3) is 0 Å². The molecular weight excluding hydrogens is 360 g/mol. The molecule has 0 aromatic heterocycles. The summed E-state index contributed by atoms with van der Waals surface area (Å²) in [6.07, 6.45) is 0.690. The Morgan fingerprint density at radius 2 is 1.56 bits per heavy atom. The molecule has 7 heteroatoms. The molecule has 1 fully saturated rings. The highest BCUT2D eigenvalue weighted by Gasteiger charge is 2.46. The van der Waals surface area contributed by atoms with Crippen molar-refractivity contribution in [3.8, 4) is 0 Å². The van der Waals surface area contributed by atoms with Gasteiger partial charge in [-0.25, -0.2) is 4.72 Å². The first-order valence-electron chi connectivity index (χ1n) is 9.77. The number of hydrogen-bond acceptors (Lipinski definition) is 4. The molecule has 2 heterocycles. The van der Waals surface area contributed by atoms with E-state index in [1.165, 1.54) is 18.3 Å². The minimum Gasteiger partial charge on any atom is -0.332 e. The first kappa shape index (κ1) is 22.4. The second-order valence-corrected chi connectivity index (χ2v) is 12.6. The van der Waals surface area contributed by atoms with Gasteiger partial charge in [0.25, 0.3) is 10.2 Å². The molecule has 2 aliphatic rings. The topological polar surface area (TPSA) is 73.8 Å². The molecule has 2 atom stereocenters. The van der Waals surface area contributed by atoms with Gasteiger partial charge in [0.1, 0.15) is 5.84 Å². The SMILES string of the molecule is CNS(=O)(=O)NC1CC2=C(C(C)(C)C)C(C(C)(C)C)N=C(C(C)(C)C)N2C1. The zero-order valence-electron chi connectivity index (χ0n) is 18.7. The highest BCUT2D eigenvalue weighted by atomic mass is 32.2. The van der Waals surface area contributed by atoms with Crippen LogP contribution < -0.4 is 9.44 Å². The standard InChI is InChI=1S/C20H38N4O2S/c1-18(2,3)15-14-11-13(23-27(25,26)21-10)12-24(14)17(20(7,8)9)22-16(15)19(4,5)6/h13,16,21,23H,11-12H2,1-10H3. The molecule has 0 radical (unpaired) electrons. The molecule has 27 heavy (non-hydrogen) atoms. The Balaban J connectivity index is 2.61. The van der Waals surface area contributed by atoms with Crippen LogP contribution >= 0.6 is 0 Å². The Morgan fingerprint density at radius 3 is 1.96 bits per heavy atom. The number of fused-ring (bicyclic) bond motifs is 1. The summed E-state index contributed by atoms with van der Waals surface area (Å²) < 4.78 is 29.3. The van der Waals surface area contributed by atoms with E-state index in [9.17, 15) is 8.42 Å². The predicted molar refractivity (Wildman–Crippen MR) is 113 cm³/mol. The zero-order chi connectivity index (χ0) is 21.0. The van der Waals surface area contributed by atoms with E-state index < -0.39 is 10.2 Å². The predicted octanol–water partition coefficient (Wildman–Crippen LogP) is 3.29. The van der Waals surface area contributed by atoms with Gasteiger partial charge in [-0.05, 0) is 16.4 Å². The third kappa shape index (κ3) is 4.74. The Hall–Kier alpha value is -0.920. The molecule has 2 aliphatic heterocycles. The highest BCUT2D eigenvalue weighted by Crippen LogP contribution is 2.47. The third-order valence-electron chi connectivity index (χ3n) is 5.15. The van der Waals surface area contributed by atoms with Gasteiger partial charge in [-0.1, -0.05) is 62.3 Å². The van der Waals surface area contributed by atoms with Gasteiger partial charge in [0.2, 0.25) is 0 Å². The molecule has 0 amide bonds. The average molecular weight is 399 g/mol. The van der Waals surface area contributed by atoms with Crippen LogP contribution in [-0.2, 0) is 10.2 Å². The van der Waals surface area contributed by atoms with Crippen molar-refractivity contribution >= 4 is 16.0 Å². The molecule has 0 aromatic rings. The van der Waals surface area contributed by atoms with Crippen molar-refractivity contribution in [2.24, 2.45) is 21.2 Å². The van der Waals surface area contributed by atoms with Crippen LogP contribution in [0.1, 0.15) is 68.7 Å². The summed E-state index contributed by atoms with van der Waals surface area (Å²) in [5.41, 5.74) is 2.39. The Bertz CT molecular complexity index is 746. The molecular formula is C20H38N4O2S. The van der Waals surface area contributed by atoms with Crippen LogP contribution in [0.3, 0.4) is 0 Å². The van der Waals surface area contributed by atoms with Crippen molar-refractivity contribution in [3.63, 3.8) is 0 Å². The van der Waals surface area contributed by atoms with Crippen molar-refractivity contribution < 1.29 is 8.42 Å². The maximum atomic E-state index is 12.1. The Kier molecular flexibility index (Phi) is 5.67. The van der Waals surface area contributed by atoms with Crippen molar-refractivity contribution in [3.05, 3.63) is 11.3 Å². The van der Waals surface area contributed by atoms with Crippen LogP contribution in [-0.4, -0.2) is 44.8 Å². The second kappa shape index (κ2) is 6.85. The molecule has 1 saturated heterocycles. The lowest BCUT2D eigenvalue weighted by molar-refractivity contribution is 0.285. The van der Waals surface area contributed by atoms with E-state index >= 15 is 0 Å².